The minimum atomic E-state index is -3.73. The molecule has 0 unspecified atom stereocenters. The van der Waals surface area contributed by atoms with Gasteiger partial charge in [0.2, 0.25) is 19.7 Å². The van der Waals surface area contributed by atoms with Crippen LogP contribution in [0.2, 0.25) is 10.0 Å². The van der Waals surface area contributed by atoms with Crippen molar-refractivity contribution < 1.29 is 26.3 Å². The summed E-state index contributed by atoms with van der Waals surface area (Å²) in [6.07, 6.45) is 0. The quantitative estimate of drug-likeness (QED) is 0.150. The first-order valence-electron chi connectivity index (χ1n) is 13.9. The van der Waals surface area contributed by atoms with Gasteiger partial charge >= 0.3 is 0 Å². The van der Waals surface area contributed by atoms with E-state index < -0.39 is 19.7 Å². The standard InChI is InChI=1S/C36H24Cl2O6S2/c37-26-6-15-31(16-7-26)45(39,40)33-19-10-28(11-20-33)43-30-14-23-36(35(24-30)25-4-2-1-3-5-25)44-29-12-21-34(22-13-29)46(41,42)32-17-8-27(38)9-18-32/h1-24H. The van der Waals surface area contributed by atoms with Crippen LogP contribution < -0.4 is 9.47 Å². The van der Waals surface area contributed by atoms with Crippen LogP contribution >= 0.6 is 23.2 Å². The van der Waals surface area contributed by atoms with Gasteiger partial charge < -0.3 is 9.47 Å². The van der Waals surface area contributed by atoms with Crippen molar-refractivity contribution in [2.45, 2.75) is 19.6 Å². The zero-order valence-electron chi connectivity index (χ0n) is 23.9. The Morgan fingerprint density at radius 2 is 0.804 bits per heavy atom. The molecular formula is C36H24Cl2O6S2. The summed E-state index contributed by atoms with van der Waals surface area (Å²) >= 11 is 11.8. The average Bonchev–Trinajstić information content (AvgIpc) is 3.07. The molecule has 0 fully saturated rings. The molecule has 0 saturated carbocycles. The van der Waals surface area contributed by atoms with Crippen molar-refractivity contribution in [3.05, 3.63) is 156 Å². The zero-order valence-corrected chi connectivity index (χ0v) is 27.0. The van der Waals surface area contributed by atoms with Crippen molar-refractivity contribution >= 4 is 42.9 Å². The molecule has 6 aromatic carbocycles. The Morgan fingerprint density at radius 3 is 1.26 bits per heavy atom. The molecule has 0 N–H and O–H groups in total. The molecule has 0 aliphatic heterocycles. The maximum Gasteiger partial charge on any atom is 0.206 e. The van der Waals surface area contributed by atoms with E-state index in [1.54, 1.807) is 36.4 Å². The van der Waals surface area contributed by atoms with Crippen LogP contribution in [0, 0.1) is 0 Å². The van der Waals surface area contributed by atoms with Crippen LogP contribution in [0.25, 0.3) is 11.1 Å². The van der Waals surface area contributed by atoms with Gasteiger partial charge in [-0.15, -0.1) is 0 Å². The predicted molar refractivity (Wildman–Crippen MR) is 179 cm³/mol. The van der Waals surface area contributed by atoms with Crippen LogP contribution in [0.15, 0.2) is 165 Å². The molecule has 0 bridgehead atoms. The highest BCUT2D eigenvalue weighted by atomic mass is 35.5. The summed E-state index contributed by atoms with van der Waals surface area (Å²) in [6.45, 7) is 0. The third-order valence-corrected chi connectivity index (χ3v) is 11.1. The molecule has 0 aromatic heterocycles. The van der Waals surface area contributed by atoms with E-state index in [-0.39, 0.29) is 19.6 Å². The van der Waals surface area contributed by atoms with E-state index in [0.717, 1.165) is 11.1 Å². The van der Waals surface area contributed by atoms with Crippen molar-refractivity contribution in [1.29, 1.82) is 0 Å². The van der Waals surface area contributed by atoms with Gasteiger partial charge in [-0.1, -0.05) is 53.5 Å². The fourth-order valence-corrected chi connectivity index (χ4v) is 7.42. The Morgan fingerprint density at radius 1 is 0.413 bits per heavy atom. The predicted octanol–water partition coefficient (Wildman–Crippen LogP) is 9.91. The number of halogens is 2. The molecule has 10 heteroatoms. The highest BCUT2D eigenvalue weighted by Gasteiger charge is 2.19. The highest BCUT2D eigenvalue weighted by molar-refractivity contribution is 7.91. The van der Waals surface area contributed by atoms with E-state index in [1.807, 2.05) is 36.4 Å². The normalized spacial score (nSPS) is 11.6. The Kier molecular flexibility index (Phi) is 8.88. The fraction of sp³-hybridized carbons (Fsp3) is 0. The van der Waals surface area contributed by atoms with Gasteiger partial charge in [-0.3, -0.25) is 0 Å². The zero-order chi connectivity index (χ0) is 32.3. The van der Waals surface area contributed by atoms with Crippen LogP contribution in [0.5, 0.6) is 23.0 Å². The number of hydrogen-bond acceptors (Lipinski definition) is 6. The van der Waals surface area contributed by atoms with E-state index in [4.69, 9.17) is 32.7 Å². The second kappa shape index (κ2) is 13.0. The molecule has 0 aliphatic rings. The van der Waals surface area contributed by atoms with Gasteiger partial charge in [0.05, 0.1) is 19.6 Å². The monoisotopic (exact) mass is 686 g/mol. The molecule has 0 spiro atoms. The van der Waals surface area contributed by atoms with Gasteiger partial charge in [-0.05, 0) is 121 Å². The van der Waals surface area contributed by atoms with Crippen LogP contribution in [-0.4, -0.2) is 16.8 Å². The lowest BCUT2D eigenvalue weighted by molar-refractivity contribution is 0.470. The topological polar surface area (TPSA) is 86.7 Å². The van der Waals surface area contributed by atoms with Crippen LogP contribution in [-0.2, 0) is 19.7 Å². The summed E-state index contributed by atoms with van der Waals surface area (Å²) in [6, 6.07) is 39.3. The SMILES string of the molecule is O=S(=O)(c1ccc(Cl)cc1)c1ccc(Oc2ccc(Oc3ccc(S(=O)(=O)c4ccc(Cl)cc4)cc3)c(-c3ccccc3)c2)cc1. The first-order chi connectivity index (χ1) is 22.1. The van der Waals surface area contributed by atoms with Crippen molar-refractivity contribution in [3.8, 4) is 34.1 Å². The number of hydrogen-bond donors (Lipinski definition) is 0. The maximum atomic E-state index is 13.1. The van der Waals surface area contributed by atoms with Crippen molar-refractivity contribution in [3.63, 3.8) is 0 Å². The lowest BCUT2D eigenvalue weighted by atomic mass is 10.0. The third kappa shape index (κ3) is 6.80. The summed E-state index contributed by atoms with van der Waals surface area (Å²) in [5.41, 5.74) is 1.60. The molecular weight excluding hydrogens is 663 g/mol. The minimum absolute atomic E-state index is 0.126. The van der Waals surface area contributed by atoms with Crippen molar-refractivity contribution in [2.75, 3.05) is 0 Å². The smallest absolute Gasteiger partial charge is 0.206 e. The van der Waals surface area contributed by atoms with Gasteiger partial charge in [-0.2, -0.15) is 0 Å². The number of rotatable bonds is 9. The summed E-state index contributed by atoms with van der Waals surface area (Å²) in [5.74, 6) is 1.92. The molecule has 0 amide bonds. The lowest BCUT2D eigenvalue weighted by Gasteiger charge is -2.15. The number of benzene rings is 6. The van der Waals surface area contributed by atoms with E-state index in [1.165, 1.54) is 72.8 Å². The van der Waals surface area contributed by atoms with E-state index in [0.29, 0.717) is 33.0 Å². The second-order valence-electron chi connectivity index (χ2n) is 10.1. The third-order valence-electron chi connectivity index (χ3n) is 7.02. The molecule has 0 radical (unpaired) electrons. The Balaban J connectivity index is 1.24. The Bertz CT molecular complexity index is 2200. The van der Waals surface area contributed by atoms with Crippen LogP contribution in [0.3, 0.4) is 0 Å². The Hall–Kier alpha value is -4.60. The maximum absolute atomic E-state index is 13.1. The van der Waals surface area contributed by atoms with E-state index in [2.05, 4.69) is 0 Å². The van der Waals surface area contributed by atoms with Crippen LogP contribution in [0.4, 0.5) is 0 Å². The summed E-state index contributed by atoms with van der Waals surface area (Å²) in [5, 5.41) is 0.902. The average molecular weight is 688 g/mol. The van der Waals surface area contributed by atoms with Crippen molar-refractivity contribution in [1.82, 2.24) is 0 Å². The summed E-state index contributed by atoms with van der Waals surface area (Å²) in [7, 11) is -7.45. The van der Waals surface area contributed by atoms with Crippen molar-refractivity contribution in [2.24, 2.45) is 0 Å². The molecule has 6 aromatic rings. The molecule has 6 nitrogen and oxygen atoms in total. The second-order valence-corrected chi connectivity index (χ2v) is 14.9. The van der Waals surface area contributed by atoms with Gasteiger partial charge in [0.25, 0.3) is 0 Å². The molecule has 0 atom stereocenters. The largest absolute Gasteiger partial charge is 0.457 e. The minimum Gasteiger partial charge on any atom is -0.457 e. The highest BCUT2D eigenvalue weighted by Crippen LogP contribution is 2.38. The van der Waals surface area contributed by atoms with E-state index >= 15 is 0 Å². The molecule has 46 heavy (non-hydrogen) atoms. The van der Waals surface area contributed by atoms with E-state index in [9.17, 15) is 16.8 Å². The van der Waals surface area contributed by atoms with Gasteiger partial charge in [0, 0.05) is 15.6 Å². The molecule has 0 heterocycles. The Labute approximate surface area is 277 Å². The summed E-state index contributed by atoms with van der Waals surface area (Å²) < 4.78 is 64.4. The van der Waals surface area contributed by atoms with Crippen LogP contribution in [0.1, 0.15) is 0 Å². The van der Waals surface area contributed by atoms with Gasteiger partial charge in [0.15, 0.2) is 0 Å². The molecule has 0 saturated heterocycles. The first kappa shape index (κ1) is 31.4. The fourth-order valence-electron chi connectivity index (χ4n) is 4.64. The lowest BCUT2D eigenvalue weighted by Crippen LogP contribution is -2.01. The molecule has 6 rings (SSSR count). The van der Waals surface area contributed by atoms with Gasteiger partial charge in [0.1, 0.15) is 23.0 Å². The molecule has 0 aliphatic carbocycles. The number of sulfone groups is 2. The van der Waals surface area contributed by atoms with Gasteiger partial charge in [-0.25, -0.2) is 16.8 Å². The summed E-state index contributed by atoms with van der Waals surface area (Å²) in [4.78, 5) is 0.542. The first-order valence-corrected chi connectivity index (χ1v) is 17.6. The number of ether oxygens (including phenoxy) is 2. The molecule has 230 valence electrons.